The maximum Gasteiger partial charge on any atom is 0.340 e. The fourth-order valence-corrected chi connectivity index (χ4v) is 2.95. The van der Waals surface area contributed by atoms with Crippen molar-refractivity contribution in [1.29, 1.82) is 0 Å². The highest BCUT2D eigenvalue weighted by atomic mass is 16.5. The Morgan fingerprint density at radius 3 is 2.63 bits per heavy atom. The molecular weight excluding hydrogens is 346 g/mol. The number of fused-ring (bicyclic) bond motifs is 1. The third-order valence-electron chi connectivity index (χ3n) is 4.61. The predicted molar refractivity (Wildman–Crippen MR) is 100 cm³/mol. The van der Waals surface area contributed by atoms with E-state index >= 15 is 0 Å². The number of aromatic nitrogens is 1. The summed E-state index contributed by atoms with van der Waals surface area (Å²) in [6.45, 7) is 3.11. The predicted octanol–water partition coefficient (Wildman–Crippen LogP) is 1.75. The monoisotopic (exact) mass is 369 g/mol. The number of esters is 1. The Morgan fingerprint density at radius 1 is 1.22 bits per heavy atom. The molecule has 7 heteroatoms. The molecule has 1 aliphatic rings. The molecule has 1 aromatic carbocycles. The number of para-hydroxylation sites is 1. The smallest absolute Gasteiger partial charge is 0.340 e. The minimum atomic E-state index is -0.590. The molecule has 1 saturated carbocycles. The van der Waals surface area contributed by atoms with Crippen molar-refractivity contribution < 1.29 is 19.1 Å². The van der Waals surface area contributed by atoms with Crippen molar-refractivity contribution in [3.8, 4) is 0 Å². The molecule has 0 saturated heterocycles. The van der Waals surface area contributed by atoms with Crippen molar-refractivity contribution in [1.82, 2.24) is 15.2 Å². The fourth-order valence-electron chi connectivity index (χ4n) is 2.95. The first kappa shape index (κ1) is 18.8. The van der Waals surface area contributed by atoms with Crippen molar-refractivity contribution in [2.45, 2.75) is 32.7 Å². The van der Waals surface area contributed by atoms with Gasteiger partial charge in [-0.25, -0.2) is 4.79 Å². The van der Waals surface area contributed by atoms with Crippen LogP contribution < -0.4 is 5.32 Å². The SMILES string of the molecule is Cc1nc2ccccc2c(C)c1C(=O)OCC(=O)N(C)CC(=O)NC1CC1. The lowest BCUT2D eigenvalue weighted by Gasteiger charge is -2.17. The summed E-state index contributed by atoms with van der Waals surface area (Å²) in [6, 6.07) is 7.79. The molecular formula is C20H23N3O4. The van der Waals surface area contributed by atoms with E-state index in [-0.39, 0.29) is 18.5 Å². The second kappa shape index (κ2) is 7.73. The van der Waals surface area contributed by atoms with Crippen LogP contribution in [0.4, 0.5) is 0 Å². The molecule has 0 spiro atoms. The molecule has 1 aliphatic carbocycles. The van der Waals surface area contributed by atoms with Crippen LogP contribution in [-0.2, 0) is 14.3 Å². The Labute approximate surface area is 157 Å². The Kier molecular flexibility index (Phi) is 5.39. The summed E-state index contributed by atoms with van der Waals surface area (Å²) in [6.07, 6.45) is 1.97. The van der Waals surface area contributed by atoms with Crippen LogP contribution in [-0.4, -0.2) is 53.9 Å². The Hall–Kier alpha value is -2.96. The molecule has 1 fully saturated rings. The first-order valence-electron chi connectivity index (χ1n) is 8.93. The summed E-state index contributed by atoms with van der Waals surface area (Å²) in [4.78, 5) is 42.1. The zero-order valence-electron chi connectivity index (χ0n) is 15.7. The number of carbonyl (C=O) groups excluding carboxylic acids is 3. The second-order valence-electron chi connectivity index (χ2n) is 6.88. The molecule has 27 heavy (non-hydrogen) atoms. The number of pyridine rings is 1. The molecule has 1 N–H and O–H groups in total. The average molecular weight is 369 g/mol. The number of aryl methyl sites for hydroxylation is 2. The number of nitrogens with zero attached hydrogens (tertiary/aromatic N) is 2. The molecule has 2 aromatic rings. The number of carbonyl (C=O) groups is 3. The van der Waals surface area contributed by atoms with Crippen LogP contribution in [0.2, 0.25) is 0 Å². The van der Waals surface area contributed by atoms with Gasteiger partial charge in [-0.1, -0.05) is 18.2 Å². The van der Waals surface area contributed by atoms with E-state index in [4.69, 9.17) is 4.74 Å². The van der Waals surface area contributed by atoms with Gasteiger partial charge in [0.25, 0.3) is 5.91 Å². The van der Waals surface area contributed by atoms with Crippen LogP contribution in [0.1, 0.15) is 34.5 Å². The van der Waals surface area contributed by atoms with Gasteiger partial charge in [-0.15, -0.1) is 0 Å². The Morgan fingerprint density at radius 2 is 1.93 bits per heavy atom. The van der Waals surface area contributed by atoms with Crippen molar-refractivity contribution in [3.63, 3.8) is 0 Å². The standard InChI is InChI=1S/C20H23N3O4/c1-12-15-6-4-5-7-16(15)21-13(2)19(12)20(26)27-11-18(25)23(3)10-17(24)22-14-8-9-14/h4-7,14H,8-11H2,1-3H3,(H,22,24). The molecule has 0 atom stereocenters. The molecule has 0 bridgehead atoms. The van der Waals surface area contributed by atoms with Gasteiger partial charge in [-0.3, -0.25) is 14.6 Å². The van der Waals surface area contributed by atoms with E-state index in [0.29, 0.717) is 11.3 Å². The van der Waals surface area contributed by atoms with E-state index < -0.39 is 18.5 Å². The topological polar surface area (TPSA) is 88.6 Å². The Balaban J connectivity index is 1.62. The number of likely N-dealkylation sites (N-methyl/N-ethyl adjacent to an activating group) is 1. The van der Waals surface area contributed by atoms with E-state index in [2.05, 4.69) is 10.3 Å². The van der Waals surface area contributed by atoms with Crippen LogP contribution >= 0.6 is 0 Å². The number of hydrogen-bond donors (Lipinski definition) is 1. The maximum atomic E-state index is 12.5. The molecule has 1 heterocycles. The minimum Gasteiger partial charge on any atom is -0.452 e. The van der Waals surface area contributed by atoms with Crippen molar-refractivity contribution >= 4 is 28.7 Å². The summed E-state index contributed by atoms with van der Waals surface area (Å²) in [7, 11) is 1.51. The van der Waals surface area contributed by atoms with Crippen LogP contribution in [0, 0.1) is 13.8 Å². The molecule has 0 radical (unpaired) electrons. The van der Waals surface area contributed by atoms with Gasteiger partial charge in [0, 0.05) is 18.5 Å². The van der Waals surface area contributed by atoms with Gasteiger partial charge in [0.1, 0.15) is 0 Å². The third-order valence-corrected chi connectivity index (χ3v) is 4.61. The molecule has 3 rings (SSSR count). The first-order valence-corrected chi connectivity index (χ1v) is 8.93. The minimum absolute atomic E-state index is 0.0531. The zero-order chi connectivity index (χ0) is 19.6. The van der Waals surface area contributed by atoms with Gasteiger partial charge in [-0.2, -0.15) is 0 Å². The summed E-state index contributed by atoms with van der Waals surface area (Å²) < 4.78 is 5.19. The second-order valence-corrected chi connectivity index (χ2v) is 6.88. The number of hydrogen-bond acceptors (Lipinski definition) is 5. The molecule has 7 nitrogen and oxygen atoms in total. The van der Waals surface area contributed by atoms with Crippen LogP contribution in [0.5, 0.6) is 0 Å². The van der Waals surface area contributed by atoms with E-state index in [9.17, 15) is 14.4 Å². The quantitative estimate of drug-likeness (QED) is 0.784. The lowest BCUT2D eigenvalue weighted by atomic mass is 10.0. The Bertz CT molecular complexity index is 905. The fraction of sp³-hybridized carbons (Fsp3) is 0.400. The normalized spacial score (nSPS) is 13.3. The number of ether oxygens (including phenoxy) is 1. The molecule has 142 valence electrons. The average Bonchev–Trinajstić information content (AvgIpc) is 3.43. The van der Waals surface area contributed by atoms with E-state index in [1.807, 2.05) is 31.2 Å². The van der Waals surface area contributed by atoms with E-state index in [1.54, 1.807) is 6.92 Å². The third kappa shape index (κ3) is 4.42. The van der Waals surface area contributed by atoms with Crippen molar-refractivity contribution in [2.24, 2.45) is 0 Å². The highest BCUT2D eigenvalue weighted by Crippen LogP contribution is 2.23. The molecule has 2 amide bonds. The lowest BCUT2D eigenvalue weighted by Crippen LogP contribution is -2.40. The first-order chi connectivity index (χ1) is 12.9. The number of rotatable bonds is 6. The van der Waals surface area contributed by atoms with E-state index in [0.717, 1.165) is 29.3 Å². The van der Waals surface area contributed by atoms with Crippen molar-refractivity contribution in [2.75, 3.05) is 20.2 Å². The van der Waals surface area contributed by atoms with Gasteiger partial charge in [0.15, 0.2) is 6.61 Å². The number of amides is 2. The summed E-state index contributed by atoms with van der Waals surface area (Å²) in [5.41, 5.74) is 2.51. The van der Waals surface area contributed by atoms with Gasteiger partial charge in [0.2, 0.25) is 5.91 Å². The number of benzene rings is 1. The number of nitrogens with one attached hydrogen (secondary N) is 1. The molecule has 0 aliphatic heterocycles. The molecule has 1 aromatic heterocycles. The highest BCUT2D eigenvalue weighted by molar-refractivity contribution is 5.99. The van der Waals surface area contributed by atoms with E-state index in [1.165, 1.54) is 11.9 Å². The summed E-state index contributed by atoms with van der Waals surface area (Å²) in [5, 5.41) is 3.68. The highest BCUT2D eigenvalue weighted by Gasteiger charge is 2.25. The van der Waals surface area contributed by atoms with Gasteiger partial charge >= 0.3 is 5.97 Å². The van der Waals surface area contributed by atoms with Gasteiger partial charge in [0.05, 0.1) is 23.3 Å². The van der Waals surface area contributed by atoms with Gasteiger partial charge in [-0.05, 0) is 38.3 Å². The summed E-state index contributed by atoms with van der Waals surface area (Å²) in [5.74, 6) is -1.23. The van der Waals surface area contributed by atoms with Crippen molar-refractivity contribution in [3.05, 3.63) is 41.1 Å². The largest absolute Gasteiger partial charge is 0.452 e. The zero-order valence-corrected chi connectivity index (χ0v) is 15.7. The summed E-state index contributed by atoms with van der Waals surface area (Å²) >= 11 is 0. The van der Waals surface area contributed by atoms with Crippen LogP contribution in [0.25, 0.3) is 10.9 Å². The van der Waals surface area contributed by atoms with Crippen LogP contribution in [0.15, 0.2) is 24.3 Å². The van der Waals surface area contributed by atoms with Crippen LogP contribution in [0.3, 0.4) is 0 Å². The van der Waals surface area contributed by atoms with Gasteiger partial charge < -0.3 is 15.0 Å². The maximum absolute atomic E-state index is 12.5. The molecule has 0 unspecified atom stereocenters. The lowest BCUT2D eigenvalue weighted by molar-refractivity contribution is -0.137.